The van der Waals surface area contributed by atoms with Crippen LogP contribution in [0, 0.1) is 25.2 Å². The predicted octanol–water partition coefficient (Wildman–Crippen LogP) is 4.72. The smallest absolute Gasteiger partial charge is 0.238 e. The van der Waals surface area contributed by atoms with E-state index in [0.717, 1.165) is 22.4 Å². The molecule has 1 aromatic heterocycles. The molecule has 1 amide bonds. The van der Waals surface area contributed by atoms with Gasteiger partial charge in [-0.3, -0.25) is 4.79 Å². The molecular formula is C23H21N3OS. The van der Waals surface area contributed by atoms with Crippen molar-refractivity contribution in [1.29, 1.82) is 5.26 Å². The number of carbonyl (C=O) groups is 1. The van der Waals surface area contributed by atoms with E-state index >= 15 is 0 Å². The van der Waals surface area contributed by atoms with Gasteiger partial charge in [-0.25, -0.2) is 4.98 Å². The van der Waals surface area contributed by atoms with Crippen LogP contribution in [-0.2, 0) is 11.3 Å². The fourth-order valence-electron chi connectivity index (χ4n) is 2.91. The number of benzene rings is 2. The van der Waals surface area contributed by atoms with Crippen LogP contribution in [0.4, 0.5) is 0 Å². The molecule has 140 valence electrons. The van der Waals surface area contributed by atoms with Gasteiger partial charge in [-0.05, 0) is 36.6 Å². The topological polar surface area (TPSA) is 65.8 Å². The van der Waals surface area contributed by atoms with Crippen LogP contribution in [0.1, 0.15) is 33.2 Å². The monoisotopic (exact) mass is 387 g/mol. The van der Waals surface area contributed by atoms with Gasteiger partial charge < -0.3 is 5.32 Å². The molecule has 0 aliphatic carbocycles. The molecule has 0 aliphatic rings. The average molecular weight is 388 g/mol. The number of nitrogens with zero attached hydrogens (tertiary/aromatic N) is 2. The highest BCUT2D eigenvalue weighted by Gasteiger charge is 2.24. The Balaban J connectivity index is 1.88. The number of amides is 1. The highest BCUT2D eigenvalue weighted by molar-refractivity contribution is 8.00. The van der Waals surface area contributed by atoms with Crippen LogP contribution in [0.5, 0.6) is 0 Å². The quantitative estimate of drug-likeness (QED) is 0.622. The second kappa shape index (κ2) is 9.20. The summed E-state index contributed by atoms with van der Waals surface area (Å²) in [5.41, 5.74) is 4.13. The molecule has 1 atom stereocenters. The molecule has 0 unspecified atom stereocenters. The first-order valence-electron chi connectivity index (χ1n) is 9.00. The predicted molar refractivity (Wildman–Crippen MR) is 112 cm³/mol. The Morgan fingerprint density at radius 1 is 1.11 bits per heavy atom. The summed E-state index contributed by atoms with van der Waals surface area (Å²) in [6.07, 6.45) is 0. The van der Waals surface area contributed by atoms with Crippen LogP contribution >= 0.6 is 11.8 Å². The lowest BCUT2D eigenvalue weighted by atomic mass is 10.1. The van der Waals surface area contributed by atoms with Gasteiger partial charge in [0.25, 0.3) is 0 Å². The highest BCUT2D eigenvalue weighted by Crippen LogP contribution is 2.37. The average Bonchev–Trinajstić information content (AvgIpc) is 2.71. The van der Waals surface area contributed by atoms with Gasteiger partial charge in [0.15, 0.2) is 0 Å². The number of nitrogens with one attached hydrogen (secondary N) is 1. The molecular weight excluding hydrogens is 366 g/mol. The molecule has 0 bridgehead atoms. The van der Waals surface area contributed by atoms with Gasteiger partial charge in [-0.15, -0.1) is 0 Å². The van der Waals surface area contributed by atoms with Crippen molar-refractivity contribution in [2.45, 2.75) is 30.7 Å². The number of hydrogen-bond acceptors (Lipinski definition) is 4. The Morgan fingerprint density at radius 2 is 1.75 bits per heavy atom. The zero-order chi connectivity index (χ0) is 19.9. The summed E-state index contributed by atoms with van der Waals surface area (Å²) in [4.78, 5) is 17.6. The minimum Gasteiger partial charge on any atom is -0.351 e. The molecule has 0 saturated heterocycles. The molecule has 1 heterocycles. The number of hydrogen-bond donors (Lipinski definition) is 1. The van der Waals surface area contributed by atoms with Crippen molar-refractivity contribution >= 4 is 17.7 Å². The second-order valence-electron chi connectivity index (χ2n) is 6.48. The van der Waals surface area contributed by atoms with Crippen LogP contribution in [0.15, 0.2) is 71.8 Å². The Kier molecular flexibility index (Phi) is 6.46. The summed E-state index contributed by atoms with van der Waals surface area (Å²) >= 11 is 1.32. The lowest BCUT2D eigenvalue weighted by Crippen LogP contribution is -2.27. The maximum Gasteiger partial charge on any atom is 0.238 e. The van der Waals surface area contributed by atoms with Crippen LogP contribution in [0.2, 0.25) is 0 Å². The van der Waals surface area contributed by atoms with Gasteiger partial charge >= 0.3 is 0 Å². The molecule has 0 spiro atoms. The van der Waals surface area contributed by atoms with E-state index in [0.29, 0.717) is 17.1 Å². The summed E-state index contributed by atoms with van der Waals surface area (Å²) < 4.78 is 0. The molecule has 28 heavy (non-hydrogen) atoms. The third-order valence-corrected chi connectivity index (χ3v) is 5.54. The first-order valence-corrected chi connectivity index (χ1v) is 9.88. The van der Waals surface area contributed by atoms with Crippen molar-refractivity contribution < 1.29 is 4.79 Å². The minimum atomic E-state index is -0.495. The molecule has 1 N–H and O–H groups in total. The van der Waals surface area contributed by atoms with E-state index in [4.69, 9.17) is 0 Å². The van der Waals surface area contributed by atoms with Crippen molar-refractivity contribution in [3.63, 3.8) is 0 Å². The SMILES string of the molecule is Cc1cc(C)c(C#N)c(S[C@H](C(=O)NCc2ccccc2)c2ccccc2)n1. The zero-order valence-corrected chi connectivity index (χ0v) is 16.7. The number of thioether (sulfide) groups is 1. The Labute approximate surface area is 169 Å². The molecule has 4 nitrogen and oxygen atoms in total. The van der Waals surface area contributed by atoms with E-state index in [-0.39, 0.29) is 5.91 Å². The van der Waals surface area contributed by atoms with E-state index in [1.165, 1.54) is 11.8 Å². The van der Waals surface area contributed by atoms with E-state index in [2.05, 4.69) is 16.4 Å². The number of aromatic nitrogens is 1. The number of aryl methyl sites for hydroxylation is 2. The fraction of sp³-hybridized carbons (Fsp3) is 0.174. The summed E-state index contributed by atoms with van der Waals surface area (Å²) in [7, 11) is 0. The normalized spacial score (nSPS) is 11.5. The number of carbonyl (C=O) groups excluding carboxylic acids is 1. The zero-order valence-electron chi connectivity index (χ0n) is 15.8. The van der Waals surface area contributed by atoms with Crippen molar-refractivity contribution in [1.82, 2.24) is 10.3 Å². The van der Waals surface area contributed by atoms with Crippen molar-refractivity contribution in [2.24, 2.45) is 0 Å². The summed E-state index contributed by atoms with van der Waals surface area (Å²) in [6.45, 7) is 4.24. The maximum absolute atomic E-state index is 13.0. The van der Waals surface area contributed by atoms with Crippen molar-refractivity contribution in [3.8, 4) is 6.07 Å². The number of pyridine rings is 1. The molecule has 0 saturated carbocycles. The molecule has 3 aromatic rings. The first-order chi connectivity index (χ1) is 13.6. The van der Waals surface area contributed by atoms with Gasteiger partial charge in [0.1, 0.15) is 16.3 Å². The van der Waals surface area contributed by atoms with Gasteiger partial charge in [0.2, 0.25) is 5.91 Å². The first kappa shape index (κ1) is 19.7. The van der Waals surface area contributed by atoms with Crippen LogP contribution in [0.3, 0.4) is 0 Å². The highest BCUT2D eigenvalue weighted by atomic mass is 32.2. The van der Waals surface area contributed by atoms with E-state index in [1.807, 2.05) is 80.6 Å². The number of nitriles is 1. The molecule has 5 heteroatoms. The van der Waals surface area contributed by atoms with E-state index < -0.39 is 5.25 Å². The maximum atomic E-state index is 13.0. The van der Waals surface area contributed by atoms with E-state index in [1.54, 1.807) is 0 Å². The summed E-state index contributed by atoms with van der Waals surface area (Å²) in [6, 6.07) is 23.5. The minimum absolute atomic E-state index is 0.107. The lowest BCUT2D eigenvalue weighted by Gasteiger charge is -2.18. The third-order valence-electron chi connectivity index (χ3n) is 4.30. The molecule has 0 aliphatic heterocycles. The van der Waals surface area contributed by atoms with Gasteiger partial charge in [-0.2, -0.15) is 5.26 Å². The largest absolute Gasteiger partial charge is 0.351 e. The molecule has 0 fully saturated rings. The number of rotatable bonds is 6. The third kappa shape index (κ3) is 4.79. The standard InChI is InChI=1S/C23H21N3OS/c1-16-13-17(2)26-23(20(16)14-24)28-21(19-11-7-4-8-12-19)22(27)25-15-18-9-5-3-6-10-18/h3-13,21H,15H2,1-2H3,(H,25,27)/t21-/m0/s1. The molecule has 3 rings (SSSR count). The van der Waals surface area contributed by atoms with Crippen LogP contribution < -0.4 is 5.32 Å². The Morgan fingerprint density at radius 3 is 2.39 bits per heavy atom. The lowest BCUT2D eigenvalue weighted by molar-refractivity contribution is -0.120. The fourth-order valence-corrected chi connectivity index (χ4v) is 4.14. The Hall–Kier alpha value is -3.10. The van der Waals surface area contributed by atoms with Crippen LogP contribution in [0.25, 0.3) is 0 Å². The van der Waals surface area contributed by atoms with E-state index in [9.17, 15) is 10.1 Å². The Bertz CT molecular complexity index is 998. The van der Waals surface area contributed by atoms with Crippen molar-refractivity contribution in [3.05, 3.63) is 94.7 Å². The summed E-state index contributed by atoms with van der Waals surface area (Å²) in [5.74, 6) is -0.107. The second-order valence-corrected chi connectivity index (χ2v) is 7.58. The van der Waals surface area contributed by atoms with Crippen LogP contribution in [-0.4, -0.2) is 10.9 Å². The van der Waals surface area contributed by atoms with Gasteiger partial charge in [0.05, 0.1) is 5.56 Å². The summed E-state index contributed by atoms with van der Waals surface area (Å²) in [5, 5.41) is 12.7. The van der Waals surface area contributed by atoms with Gasteiger partial charge in [0, 0.05) is 12.2 Å². The van der Waals surface area contributed by atoms with Crippen molar-refractivity contribution in [2.75, 3.05) is 0 Å². The van der Waals surface area contributed by atoms with Gasteiger partial charge in [-0.1, -0.05) is 72.4 Å². The molecule has 0 radical (unpaired) electrons. The molecule has 2 aromatic carbocycles.